The van der Waals surface area contributed by atoms with Crippen molar-refractivity contribution >= 4 is 8.32 Å². The Morgan fingerprint density at radius 1 is 1.27 bits per heavy atom. The lowest BCUT2D eigenvalue weighted by molar-refractivity contribution is -0.199. The van der Waals surface area contributed by atoms with Crippen LogP contribution in [0.25, 0.3) is 0 Å². The third-order valence-electron chi connectivity index (χ3n) is 5.71. The van der Waals surface area contributed by atoms with E-state index in [0.29, 0.717) is 12.3 Å². The van der Waals surface area contributed by atoms with Gasteiger partial charge in [-0.25, -0.2) is 0 Å². The standard InChI is InChI=1S/C19H30N2O4Si/c1-18(2,3)26(6,7)22-12-14-15-16(25-19(4,5)24-15)17(23-14)21-10-8-9-13(21)11-20/h8-10,14-17H,12H2,1-7H3/t14-,15-,16-,17-/m1/s1. The Bertz CT molecular complexity index is 701. The largest absolute Gasteiger partial charge is 0.414 e. The van der Waals surface area contributed by atoms with Gasteiger partial charge in [-0.3, -0.25) is 0 Å². The molecule has 0 N–H and O–H groups in total. The zero-order chi connectivity index (χ0) is 19.3. The first-order valence-corrected chi connectivity index (χ1v) is 12.1. The molecule has 26 heavy (non-hydrogen) atoms. The van der Waals surface area contributed by atoms with Gasteiger partial charge >= 0.3 is 0 Å². The van der Waals surface area contributed by atoms with E-state index in [0.717, 1.165) is 0 Å². The predicted molar refractivity (Wildman–Crippen MR) is 100 cm³/mol. The Labute approximate surface area is 157 Å². The number of nitrogens with zero attached hydrogens (tertiary/aromatic N) is 2. The predicted octanol–water partition coefficient (Wildman–Crippen LogP) is 3.80. The molecule has 2 saturated heterocycles. The van der Waals surface area contributed by atoms with Gasteiger partial charge in [-0.15, -0.1) is 0 Å². The van der Waals surface area contributed by atoms with Gasteiger partial charge in [-0.05, 0) is 44.1 Å². The van der Waals surface area contributed by atoms with Gasteiger partial charge in [0.15, 0.2) is 20.3 Å². The van der Waals surface area contributed by atoms with E-state index in [1.165, 1.54) is 0 Å². The summed E-state index contributed by atoms with van der Waals surface area (Å²) in [5, 5.41) is 9.49. The Morgan fingerprint density at radius 3 is 2.54 bits per heavy atom. The number of ether oxygens (including phenoxy) is 3. The first kappa shape index (κ1) is 19.6. The lowest BCUT2D eigenvalue weighted by atomic mass is 10.1. The van der Waals surface area contributed by atoms with Crippen LogP contribution >= 0.6 is 0 Å². The number of rotatable bonds is 4. The minimum absolute atomic E-state index is 0.130. The molecule has 1 aromatic heterocycles. The fourth-order valence-electron chi connectivity index (χ4n) is 3.23. The second-order valence-corrected chi connectivity index (χ2v) is 13.9. The Balaban J connectivity index is 1.81. The van der Waals surface area contributed by atoms with Gasteiger partial charge in [0, 0.05) is 6.20 Å². The van der Waals surface area contributed by atoms with Crippen molar-refractivity contribution in [2.75, 3.05) is 6.61 Å². The van der Waals surface area contributed by atoms with E-state index in [1.807, 2.05) is 30.7 Å². The summed E-state index contributed by atoms with van der Waals surface area (Å²) in [7, 11) is -1.89. The molecule has 0 bridgehead atoms. The maximum absolute atomic E-state index is 9.36. The Kier molecular flexibility index (Phi) is 4.87. The van der Waals surface area contributed by atoms with Gasteiger partial charge in [0.25, 0.3) is 0 Å². The van der Waals surface area contributed by atoms with Crippen molar-refractivity contribution in [2.24, 2.45) is 0 Å². The second-order valence-electron chi connectivity index (χ2n) is 9.11. The molecule has 2 aliphatic rings. The molecular formula is C19H30N2O4Si. The summed E-state index contributed by atoms with van der Waals surface area (Å²) in [6, 6.07) is 5.83. The molecule has 0 aliphatic carbocycles. The fourth-order valence-corrected chi connectivity index (χ4v) is 4.25. The van der Waals surface area contributed by atoms with Crippen LogP contribution in [0.2, 0.25) is 18.1 Å². The molecule has 3 heterocycles. The van der Waals surface area contributed by atoms with Gasteiger partial charge in [0.2, 0.25) is 0 Å². The van der Waals surface area contributed by atoms with Gasteiger partial charge in [-0.1, -0.05) is 20.8 Å². The quantitative estimate of drug-likeness (QED) is 0.746. The summed E-state index contributed by atoms with van der Waals surface area (Å²) in [5.74, 6) is -0.674. The molecular weight excluding hydrogens is 348 g/mol. The number of fused-ring (bicyclic) bond motifs is 1. The van der Waals surface area contributed by atoms with Crippen molar-refractivity contribution in [3.05, 3.63) is 24.0 Å². The van der Waals surface area contributed by atoms with E-state index in [1.54, 1.807) is 6.07 Å². The van der Waals surface area contributed by atoms with Crippen molar-refractivity contribution in [3.8, 4) is 6.07 Å². The molecule has 4 atom stereocenters. The van der Waals surface area contributed by atoms with E-state index in [4.69, 9.17) is 18.6 Å². The van der Waals surface area contributed by atoms with Crippen LogP contribution in [0.5, 0.6) is 0 Å². The second kappa shape index (κ2) is 6.46. The van der Waals surface area contributed by atoms with E-state index < -0.39 is 14.1 Å². The lowest BCUT2D eigenvalue weighted by Gasteiger charge is -2.37. The zero-order valence-corrected chi connectivity index (χ0v) is 17.8. The molecule has 3 rings (SSSR count). The molecule has 0 saturated carbocycles. The molecule has 0 amide bonds. The highest BCUT2D eigenvalue weighted by atomic mass is 28.4. The molecule has 0 radical (unpaired) electrons. The molecule has 7 heteroatoms. The monoisotopic (exact) mass is 378 g/mol. The highest BCUT2D eigenvalue weighted by molar-refractivity contribution is 6.74. The summed E-state index contributed by atoms with van der Waals surface area (Å²) in [6.45, 7) is 15.4. The van der Waals surface area contributed by atoms with E-state index in [9.17, 15) is 5.26 Å². The maximum atomic E-state index is 9.36. The molecule has 0 aromatic carbocycles. The van der Waals surface area contributed by atoms with Crippen LogP contribution in [0.1, 0.15) is 46.5 Å². The van der Waals surface area contributed by atoms with Gasteiger partial charge in [0.05, 0.1) is 6.61 Å². The highest BCUT2D eigenvalue weighted by Crippen LogP contribution is 2.44. The van der Waals surface area contributed by atoms with Crippen LogP contribution < -0.4 is 0 Å². The first-order chi connectivity index (χ1) is 12.0. The average molecular weight is 379 g/mol. The minimum Gasteiger partial charge on any atom is -0.414 e. The molecule has 144 valence electrons. The number of aromatic nitrogens is 1. The zero-order valence-electron chi connectivity index (χ0n) is 16.8. The number of hydrogen-bond acceptors (Lipinski definition) is 5. The number of hydrogen-bond donors (Lipinski definition) is 0. The maximum Gasteiger partial charge on any atom is 0.192 e. The van der Waals surface area contributed by atoms with Crippen LogP contribution in [0.3, 0.4) is 0 Å². The van der Waals surface area contributed by atoms with Gasteiger partial charge in [0.1, 0.15) is 30.1 Å². The van der Waals surface area contributed by atoms with Crippen molar-refractivity contribution in [1.29, 1.82) is 5.26 Å². The summed E-state index contributed by atoms with van der Waals surface area (Å²) in [4.78, 5) is 0. The van der Waals surface area contributed by atoms with E-state index in [-0.39, 0.29) is 29.6 Å². The van der Waals surface area contributed by atoms with Crippen LogP contribution in [0, 0.1) is 11.3 Å². The highest BCUT2D eigenvalue weighted by Gasteiger charge is 2.56. The summed E-state index contributed by atoms with van der Waals surface area (Å²) >= 11 is 0. The smallest absolute Gasteiger partial charge is 0.192 e. The Hall–Kier alpha value is -1.17. The molecule has 1 aromatic rings. The SMILES string of the molecule is CC1(C)O[C@@H]2[C@H](O1)[C@@H](CO[Si](C)(C)C(C)(C)C)O[C@H]2n1cccc1C#N. The van der Waals surface area contributed by atoms with Gasteiger partial charge in [-0.2, -0.15) is 5.26 Å². The van der Waals surface area contributed by atoms with E-state index in [2.05, 4.69) is 39.9 Å². The third kappa shape index (κ3) is 3.49. The van der Waals surface area contributed by atoms with Crippen LogP contribution in [0.4, 0.5) is 0 Å². The minimum atomic E-state index is -1.89. The Morgan fingerprint density at radius 2 is 1.92 bits per heavy atom. The van der Waals surface area contributed by atoms with Crippen molar-refractivity contribution in [2.45, 2.75) is 83.1 Å². The van der Waals surface area contributed by atoms with Gasteiger partial charge < -0.3 is 23.2 Å². The first-order valence-electron chi connectivity index (χ1n) is 9.17. The molecule has 0 unspecified atom stereocenters. The molecule has 2 aliphatic heterocycles. The molecule has 2 fully saturated rings. The topological polar surface area (TPSA) is 65.6 Å². The summed E-state index contributed by atoms with van der Waals surface area (Å²) in [6.07, 6.45) is 0.756. The third-order valence-corrected chi connectivity index (χ3v) is 10.2. The van der Waals surface area contributed by atoms with E-state index >= 15 is 0 Å². The lowest BCUT2D eigenvalue weighted by Crippen LogP contribution is -2.44. The summed E-state index contributed by atoms with van der Waals surface area (Å²) < 4.78 is 26.7. The van der Waals surface area contributed by atoms with Crippen molar-refractivity contribution in [1.82, 2.24) is 4.57 Å². The average Bonchev–Trinajstić information content (AvgIpc) is 3.16. The summed E-state index contributed by atoms with van der Waals surface area (Å²) in [5.41, 5.74) is 0.549. The van der Waals surface area contributed by atoms with Crippen LogP contribution in [-0.4, -0.2) is 43.6 Å². The normalized spacial score (nSPS) is 31.0. The fraction of sp³-hybridized carbons (Fsp3) is 0.737. The van der Waals surface area contributed by atoms with Crippen LogP contribution in [0.15, 0.2) is 18.3 Å². The van der Waals surface area contributed by atoms with Crippen molar-refractivity contribution in [3.63, 3.8) is 0 Å². The number of nitriles is 1. The van der Waals surface area contributed by atoms with Crippen molar-refractivity contribution < 1.29 is 18.6 Å². The molecule has 6 nitrogen and oxygen atoms in total. The van der Waals surface area contributed by atoms with Crippen LogP contribution in [-0.2, 0) is 18.6 Å². The molecule has 0 spiro atoms.